The molecule has 38 heavy (non-hydrogen) atoms. The van der Waals surface area contributed by atoms with E-state index in [1.165, 1.54) is 13.8 Å². The highest BCUT2D eigenvalue weighted by molar-refractivity contribution is 7.95. The molecular weight excluding hydrogens is 506 g/mol. The fraction of sp³-hybridized carbons (Fsp3) is 0.259. The fourth-order valence-corrected chi connectivity index (χ4v) is 5.84. The maximum Gasteiger partial charge on any atom is 0.284 e. The van der Waals surface area contributed by atoms with Gasteiger partial charge in [-0.25, -0.2) is 9.97 Å². The number of rotatable bonds is 6. The number of fused-ring (bicyclic) bond motifs is 1. The third-order valence-electron chi connectivity index (χ3n) is 6.59. The SMILES string of the molecule is COc1ccc(Cn2c(=O)c(C(=O)N3CCN([S+](=O)([O-])c4ccc(C)cc4)CC3)nc3cccnc32)cc1. The first kappa shape index (κ1) is 25.7. The largest absolute Gasteiger partial charge is 0.593 e. The number of sulfonamides is 1. The molecule has 0 bridgehead atoms. The van der Waals surface area contributed by atoms with Gasteiger partial charge in [-0.3, -0.25) is 14.2 Å². The van der Waals surface area contributed by atoms with Gasteiger partial charge in [0, 0.05) is 19.3 Å². The molecule has 1 aliphatic rings. The van der Waals surface area contributed by atoms with Gasteiger partial charge in [-0.05, 0) is 48.9 Å². The molecule has 10 nitrogen and oxygen atoms in total. The summed E-state index contributed by atoms with van der Waals surface area (Å²) in [6.45, 7) is 2.63. The molecule has 3 heterocycles. The molecule has 1 saturated heterocycles. The summed E-state index contributed by atoms with van der Waals surface area (Å²) in [6.07, 6.45) is 1.57. The van der Waals surface area contributed by atoms with E-state index < -0.39 is 21.9 Å². The van der Waals surface area contributed by atoms with Crippen molar-refractivity contribution in [2.24, 2.45) is 0 Å². The molecule has 1 fully saturated rings. The van der Waals surface area contributed by atoms with Crippen LogP contribution in [0.25, 0.3) is 11.2 Å². The predicted molar refractivity (Wildman–Crippen MR) is 142 cm³/mol. The number of hydrogen-bond acceptors (Lipinski definition) is 7. The second-order valence-corrected chi connectivity index (χ2v) is 11.0. The normalized spacial score (nSPS) is 15.8. The van der Waals surface area contributed by atoms with E-state index in [2.05, 4.69) is 9.97 Å². The van der Waals surface area contributed by atoms with Crippen molar-refractivity contribution in [3.63, 3.8) is 0 Å². The number of amides is 1. The summed E-state index contributed by atoms with van der Waals surface area (Å²) < 4.78 is 34.1. The molecule has 5 rings (SSSR count). The first-order valence-corrected chi connectivity index (χ1v) is 13.6. The number of pyridine rings is 1. The number of nitrogens with zero attached hydrogens (tertiary/aromatic N) is 5. The average molecular weight is 534 g/mol. The minimum atomic E-state index is -3.68. The number of aromatic nitrogens is 3. The summed E-state index contributed by atoms with van der Waals surface area (Å²) >= 11 is 0. The minimum absolute atomic E-state index is 0.122. The number of piperazine rings is 1. The summed E-state index contributed by atoms with van der Waals surface area (Å²) in [5, 5.41) is 0. The predicted octanol–water partition coefficient (Wildman–Crippen LogP) is 2.52. The lowest BCUT2D eigenvalue weighted by Gasteiger charge is -2.35. The first-order valence-electron chi connectivity index (χ1n) is 12.1. The van der Waals surface area contributed by atoms with Gasteiger partial charge in [0.05, 0.1) is 26.7 Å². The zero-order valence-electron chi connectivity index (χ0n) is 21.1. The zero-order valence-corrected chi connectivity index (χ0v) is 21.9. The Morgan fingerprint density at radius 3 is 2.37 bits per heavy atom. The zero-order chi connectivity index (χ0) is 26.9. The average Bonchev–Trinajstić information content (AvgIpc) is 2.94. The summed E-state index contributed by atoms with van der Waals surface area (Å²) in [5.74, 6) is 0.162. The van der Waals surface area contributed by atoms with E-state index in [9.17, 15) is 18.4 Å². The van der Waals surface area contributed by atoms with E-state index in [-0.39, 0.29) is 43.3 Å². The molecule has 1 aliphatic heterocycles. The van der Waals surface area contributed by atoms with Crippen LogP contribution in [0, 0.1) is 6.92 Å². The third-order valence-corrected chi connectivity index (χ3v) is 8.50. The van der Waals surface area contributed by atoms with E-state index in [0.717, 1.165) is 11.1 Å². The summed E-state index contributed by atoms with van der Waals surface area (Å²) in [4.78, 5) is 37.4. The minimum Gasteiger partial charge on any atom is -0.593 e. The molecule has 0 aliphatic carbocycles. The Bertz CT molecular complexity index is 1580. The van der Waals surface area contributed by atoms with Crippen LogP contribution in [0.3, 0.4) is 0 Å². The van der Waals surface area contributed by atoms with Crippen LogP contribution in [-0.4, -0.2) is 67.5 Å². The maximum atomic E-state index is 13.5. The standard InChI is InChI=1S/C27H27N5O5S/c1-19-5-11-22(12-6-19)38(35,36)31-16-14-30(15-17-31)26(33)24-27(34)32(25-23(29-24)4-3-13-28-25)18-20-7-9-21(37-2)10-8-20/h3-13H,14-18H2,1-2H3. The summed E-state index contributed by atoms with van der Waals surface area (Å²) in [5.41, 5.74) is 1.83. The molecule has 196 valence electrons. The molecule has 0 spiro atoms. The van der Waals surface area contributed by atoms with Gasteiger partial charge in [0.25, 0.3) is 11.5 Å². The van der Waals surface area contributed by atoms with Crippen LogP contribution in [0.2, 0.25) is 0 Å². The van der Waals surface area contributed by atoms with Gasteiger partial charge in [0.1, 0.15) is 11.3 Å². The number of carbonyl (C=O) groups excluding carboxylic acids is 1. The molecule has 11 heteroatoms. The van der Waals surface area contributed by atoms with Crippen LogP contribution in [0.4, 0.5) is 0 Å². The quantitative estimate of drug-likeness (QED) is 0.349. The third kappa shape index (κ3) is 4.95. The van der Waals surface area contributed by atoms with Crippen molar-refractivity contribution in [2.45, 2.75) is 18.4 Å². The molecule has 4 aromatic rings. The van der Waals surface area contributed by atoms with E-state index in [4.69, 9.17) is 4.74 Å². The molecule has 0 saturated carbocycles. The fourth-order valence-electron chi connectivity index (χ4n) is 4.42. The number of aryl methyl sites for hydroxylation is 1. The van der Waals surface area contributed by atoms with Gasteiger partial charge in [-0.15, -0.1) is 4.31 Å². The van der Waals surface area contributed by atoms with Crippen LogP contribution in [-0.2, 0) is 21.2 Å². The second-order valence-electron chi connectivity index (χ2n) is 9.06. The van der Waals surface area contributed by atoms with Crippen molar-refractivity contribution in [3.8, 4) is 5.75 Å². The maximum absolute atomic E-state index is 13.5. The summed E-state index contributed by atoms with van der Waals surface area (Å²) in [6, 6.07) is 17.4. The number of ether oxygens (including phenoxy) is 1. The van der Waals surface area contributed by atoms with Crippen molar-refractivity contribution < 1.29 is 18.3 Å². The second kappa shape index (κ2) is 10.4. The molecule has 1 unspecified atom stereocenters. The van der Waals surface area contributed by atoms with Gasteiger partial charge >= 0.3 is 0 Å². The Morgan fingerprint density at radius 1 is 1.03 bits per heavy atom. The van der Waals surface area contributed by atoms with Crippen molar-refractivity contribution in [1.82, 2.24) is 23.7 Å². The number of carbonyl (C=O) groups is 1. The summed E-state index contributed by atoms with van der Waals surface area (Å²) in [7, 11) is -2.10. The Kier molecular flexibility index (Phi) is 7.06. The lowest BCUT2D eigenvalue weighted by atomic mass is 10.2. The molecular formula is C27H27N5O5S. The van der Waals surface area contributed by atoms with E-state index in [0.29, 0.717) is 16.9 Å². The van der Waals surface area contributed by atoms with Gasteiger partial charge in [0.15, 0.2) is 26.6 Å². The van der Waals surface area contributed by atoms with Crippen molar-refractivity contribution in [2.75, 3.05) is 33.3 Å². The van der Waals surface area contributed by atoms with Crippen molar-refractivity contribution in [3.05, 3.63) is 94.0 Å². The monoisotopic (exact) mass is 533 g/mol. The Morgan fingerprint density at radius 2 is 1.71 bits per heavy atom. The van der Waals surface area contributed by atoms with Crippen LogP contribution in [0.1, 0.15) is 21.6 Å². The van der Waals surface area contributed by atoms with Crippen molar-refractivity contribution >= 4 is 27.5 Å². The molecule has 1 atom stereocenters. The Balaban J connectivity index is 1.39. The highest BCUT2D eigenvalue weighted by Crippen LogP contribution is 2.23. The van der Waals surface area contributed by atoms with Crippen LogP contribution < -0.4 is 10.3 Å². The van der Waals surface area contributed by atoms with Crippen molar-refractivity contribution in [1.29, 1.82) is 0 Å². The van der Waals surface area contributed by atoms with E-state index >= 15 is 0 Å². The van der Waals surface area contributed by atoms with Gasteiger partial charge < -0.3 is 14.2 Å². The molecule has 0 N–H and O–H groups in total. The lowest BCUT2D eigenvalue weighted by Crippen LogP contribution is -2.53. The molecule has 1 amide bonds. The van der Waals surface area contributed by atoms with Crippen LogP contribution in [0.15, 0.2) is 76.6 Å². The molecule has 2 aromatic carbocycles. The molecule has 0 radical (unpaired) electrons. The Hall–Kier alpha value is -3.93. The van der Waals surface area contributed by atoms with E-state index in [1.54, 1.807) is 61.8 Å². The number of hydrogen-bond donors (Lipinski definition) is 0. The smallest absolute Gasteiger partial charge is 0.284 e. The van der Waals surface area contributed by atoms with E-state index in [1.807, 2.05) is 19.1 Å². The van der Waals surface area contributed by atoms with Crippen LogP contribution in [0.5, 0.6) is 5.75 Å². The number of methoxy groups -OCH3 is 1. The molecule has 2 aromatic heterocycles. The van der Waals surface area contributed by atoms with Gasteiger partial charge in [-0.2, -0.15) is 0 Å². The van der Waals surface area contributed by atoms with Gasteiger partial charge in [0.2, 0.25) is 0 Å². The lowest BCUT2D eigenvalue weighted by molar-refractivity contribution is 0.0685. The van der Waals surface area contributed by atoms with Crippen LogP contribution >= 0.6 is 0 Å². The highest BCUT2D eigenvalue weighted by Gasteiger charge is 2.35. The Labute approximate surface area is 220 Å². The number of benzene rings is 2. The van der Waals surface area contributed by atoms with Gasteiger partial charge in [-0.1, -0.05) is 34.0 Å². The first-order chi connectivity index (χ1) is 18.3. The highest BCUT2D eigenvalue weighted by atomic mass is 32.3. The topological polar surface area (TPSA) is 121 Å².